The summed E-state index contributed by atoms with van der Waals surface area (Å²) in [6.07, 6.45) is 17.3. The monoisotopic (exact) mass is 1370 g/mol. The lowest BCUT2D eigenvalue weighted by molar-refractivity contribution is -0.401. The van der Waals surface area contributed by atoms with Crippen molar-refractivity contribution in [2.24, 2.45) is 82.9 Å². The van der Waals surface area contributed by atoms with E-state index in [9.17, 15) is 4.79 Å². The molecule has 0 aromatic heterocycles. The minimum atomic E-state index is 0. The summed E-state index contributed by atoms with van der Waals surface area (Å²) < 4.78 is 0. The van der Waals surface area contributed by atoms with Crippen LogP contribution in [-0.4, -0.2) is 97.4 Å². The summed E-state index contributed by atoms with van der Waals surface area (Å²) in [5, 5.41) is 0. The summed E-state index contributed by atoms with van der Waals surface area (Å²) in [7, 11) is 0. The zero-order chi connectivity index (χ0) is 46.2. The molecule has 0 radical (unpaired) electrons. The van der Waals surface area contributed by atoms with Crippen molar-refractivity contribution in [2.45, 2.75) is 110 Å². The molecule has 478 valence electrons. The van der Waals surface area contributed by atoms with Crippen molar-refractivity contribution in [3.05, 3.63) is 0 Å². The van der Waals surface area contributed by atoms with Gasteiger partial charge in [0.05, 0.1) is 91.6 Å². The molecular weight excluding hydrogens is 1260 g/mol. The smallest absolute Gasteiger partial charge is 0.129 e. The maximum atomic E-state index is 11.6. The molecule has 0 aromatic carbocycles. The van der Waals surface area contributed by atoms with Crippen molar-refractivity contribution in [1.82, 2.24) is 0 Å². The number of carbonyl (C=O) groups excluding carboxylic acids is 1. The van der Waals surface area contributed by atoms with Crippen molar-refractivity contribution in [3.63, 3.8) is 0 Å². The van der Waals surface area contributed by atoms with Crippen molar-refractivity contribution < 1.29 is 259 Å². The fraction of sp³-hybridized carbons (Fsp3) is 0.978. The predicted molar refractivity (Wildman–Crippen MR) is 243 cm³/mol. The normalized spacial score (nSPS) is 15.6. The van der Waals surface area contributed by atoms with Crippen LogP contribution in [-0.2, 0) is 4.79 Å². The predicted octanol–water partition coefficient (Wildman–Crippen LogP) is -51.5. The van der Waals surface area contributed by atoms with E-state index in [1.807, 2.05) is 0 Å². The summed E-state index contributed by atoms with van der Waals surface area (Å²) >= 11 is 0. The summed E-state index contributed by atoms with van der Waals surface area (Å²) in [5.74, 6) is 8.78. The first kappa shape index (κ1) is 117. The van der Waals surface area contributed by atoms with Crippen LogP contribution in [0.5, 0.6) is 0 Å². The van der Waals surface area contributed by atoms with Gasteiger partial charge in [-0.25, -0.2) is 0 Å². The lowest BCUT2D eigenvalue weighted by Crippen LogP contribution is -3.00. The molecule has 42 N–H and O–H groups in total. The van der Waals surface area contributed by atoms with Gasteiger partial charge in [-0.15, -0.1) is 0 Å². The lowest BCUT2D eigenvalue weighted by Gasteiger charge is -2.29. The Bertz CT molecular complexity index is 1070. The van der Waals surface area contributed by atoms with Crippen LogP contribution < -0.4 is 254 Å². The maximum absolute atomic E-state index is 11.6. The molecule has 29 heteroatoms. The average molecular weight is 1380 g/mol. The van der Waals surface area contributed by atoms with Crippen molar-refractivity contribution in [1.29, 1.82) is 0 Å². The summed E-state index contributed by atoms with van der Waals surface area (Å²) in [5.41, 5.74) is 61.5. The van der Waals surface area contributed by atoms with E-state index in [2.05, 4.69) is 87.2 Å². The molecule has 0 aromatic rings. The van der Waals surface area contributed by atoms with Crippen LogP contribution in [0.1, 0.15) is 110 Å². The molecule has 0 saturated carbocycles. The lowest BCUT2D eigenvalue weighted by atomic mass is 9.76. The minimum Gasteiger partial charge on any atom is -1.00 e. The van der Waals surface area contributed by atoms with Crippen LogP contribution >= 0.6 is 0 Å². The number of halogens is 14. The van der Waals surface area contributed by atoms with E-state index in [0.29, 0.717) is 89.3 Å². The first-order valence-corrected chi connectivity index (χ1v) is 25.9. The summed E-state index contributed by atoms with van der Waals surface area (Å²) in [6.45, 7) is 17.7. The van der Waals surface area contributed by atoms with E-state index >= 15 is 0 Å². The van der Waals surface area contributed by atoms with Crippen LogP contribution in [0.2, 0.25) is 0 Å². The molecule has 0 aliphatic heterocycles. The molecule has 75 heavy (non-hydrogen) atoms. The van der Waals surface area contributed by atoms with Crippen molar-refractivity contribution in [3.8, 4) is 0 Å². The maximum Gasteiger partial charge on any atom is 0.129 e. The highest BCUT2D eigenvalue weighted by atomic mass is 35.5. The molecule has 0 amide bonds. The Labute approximate surface area is 544 Å². The first-order valence-electron chi connectivity index (χ1n) is 25.9. The molecule has 0 rings (SSSR count). The SMILES string of the molecule is CC(=O)CCC(C[NH3+])CC(C[NH3+])CC(C[NH3+])CC(C[NH3+])CC(C[NH3+])CC(C[NH3+])CC(C[NH3+])CC(C[NH3+])CC(C[NH3+])CC(C[NH3+])CC(C[NH3+])CC(C[NH3+])CC(C[NH3+])CC(C)C[NH3+].[Cl-].[Cl-].[Cl-].[Cl-].[Cl-].[Cl-].[Cl-].[Cl-].[Cl-].[Cl-].[Cl-].[Cl-].[Cl-].[Cl-]. The molecule has 0 saturated heterocycles. The summed E-state index contributed by atoms with van der Waals surface area (Å²) in [6, 6.07) is 0. The molecule has 15 nitrogen and oxygen atoms in total. The van der Waals surface area contributed by atoms with Crippen LogP contribution in [0.4, 0.5) is 0 Å². The van der Waals surface area contributed by atoms with E-state index in [-0.39, 0.29) is 179 Å². The fourth-order valence-electron chi connectivity index (χ4n) is 11.1. The van der Waals surface area contributed by atoms with E-state index in [1.54, 1.807) is 6.92 Å². The quantitative estimate of drug-likeness (QED) is 0.0278. The number of quaternary nitrogens is 14. The van der Waals surface area contributed by atoms with Gasteiger partial charge in [0, 0.05) is 89.3 Å². The third-order valence-electron chi connectivity index (χ3n) is 15.4. The van der Waals surface area contributed by atoms with E-state index in [4.69, 9.17) is 0 Å². The number of rotatable bonds is 43. The zero-order valence-corrected chi connectivity index (χ0v) is 57.3. The Morgan fingerprint density at radius 3 is 0.493 bits per heavy atom. The average Bonchev–Trinajstić information content (AvgIpc) is 3.28. The fourth-order valence-corrected chi connectivity index (χ4v) is 11.1. The van der Waals surface area contributed by atoms with Crippen LogP contribution in [0.15, 0.2) is 0 Å². The number of Topliss-reactive ketones (excluding diaryl/α,β-unsaturated/α-hetero) is 1. The number of hydrogen-bond donors (Lipinski definition) is 14. The van der Waals surface area contributed by atoms with Gasteiger partial charge in [-0.05, 0) is 96.8 Å². The summed E-state index contributed by atoms with van der Waals surface area (Å²) in [4.78, 5) is 11.6. The number of ketones is 1. The second kappa shape index (κ2) is 75.2. The Morgan fingerprint density at radius 1 is 0.240 bits per heavy atom. The van der Waals surface area contributed by atoms with E-state index in [0.717, 1.165) is 104 Å². The van der Waals surface area contributed by atoms with Gasteiger partial charge in [-0.2, -0.15) is 0 Å². The highest BCUT2D eigenvalue weighted by Crippen LogP contribution is 2.33. The molecule has 0 spiro atoms. The molecule has 0 fully saturated rings. The molecule has 0 heterocycles. The Kier molecular flexibility index (Phi) is 117. The van der Waals surface area contributed by atoms with E-state index < -0.39 is 0 Å². The van der Waals surface area contributed by atoms with Crippen molar-refractivity contribution in [2.75, 3.05) is 91.6 Å². The standard InChI is InChI=1S/C46H106N14O.14ClH/c1-32(18-47)5-35(20-49)7-37(22-51)9-39(24-53)11-41(26-55)13-43(28-57)15-45(30-59)17-46(31-60)16-44(29-58)14-42(27-56)12-40(25-54)10-38(23-52)8-36(21-50)6-34(19-48)4-3-33(2)61;;;;;;;;;;;;;;/h32,34-46H,3-31,47-60H2,1-2H3;14*1H. The van der Waals surface area contributed by atoms with Gasteiger partial charge in [-0.3, -0.25) is 0 Å². The van der Waals surface area contributed by atoms with Gasteiger partial charge in [0.2, 0.25) is 0 Å². The second-order valence-electron chi connectivity index (χ2n) is 20.7. The number of hydrogen-bond acceptors (Lipinski definition) is 1. The van der Waals surface area contributed by atoms with Gasteiger partial charge in [0.1, 0.15) is 5.78 Å². The first-order chi connectivity index (χ1) is 29.3. The molecule has 14 atom stereocenters. The van der Waals surface area contributed by atoms with Gasteiger partial charge >= 0.3 is 0 Å². The largest absolute Gasteiger partial charge is 1.00 e. The van der Waals surface area contributed by atoms with Crippen LogP contribution in [0.25, 0.3) is 0 Å². The molecular formula is C46H120Cl14N14O. The highest BCUT2D eigenvalue weighted by molar-refractivity contribution is 5.75. The van der Waals surface area contributed by atoms with Crippen LogP contribution in [0.3, 0.4) is 0 Å². The van der Waals surface area contributed by atoms with Gasteiger partial charge in [0.15, 0.2) is 0 Å². The second-order valence-corrected chi connectivity index (χ2v) is 20.7. The minimum absolute atomic E-state index is 0. The Hall–Kier alpha value is 3.17. The highest BCUT2D eigenvalue weighted by Gasteiger charge is 2.31. The van der Waals surface area contributed by atoms with Gasteiger partial charge < -0.3 is 259 Å². The molecule has 14 unspecified atom stereocenters. The molecule has 0 bridgehead atoms. The Balaban J connectivity index is -0.000000198. The van der Waals surface area contributed by atoms with Gasteiger partial charge in [-0.1, -0.05) is 6.92 Å². The van der Waals surface area contributed by atoms with Gasteiger partial charge in [0.25, 0.3) is 0 Å². The molecule has 0 aliphatic carbocycles. The Morgan fingerprint density at radius 2 is 0.373 bits per heavy atom. The topological polar surface area (TPSA) is 404 Å². The zero-order valence-electron chi connectivity index (χ0n) is 46.7. The third-order valence-corrected chi connectivity index (χ3v) is 15.4. The van der Waals surface area contributed by atoms with E-state index in [1.165, 1.54) is 77.0 Å². The number of carbonyl (C=O) groups is 1. The van der Waals surface area contributed by atoms with Crippen molar-refractivity contribution >= 4 is 5.78 Å². The van der Waals surface area contributed by atoms with Crippen LogP contribution in [0, 0.1) is 82.9 Å². The molecule has 0 aliphatic rings. The third kappa shape index (κ3) is 56.1.